The van der Waals surface area contributed by atoms with Gasteiger partial charge in [0.1, 0.15) is 0 Å². The van der Waals surface area contributed by atoms with Crippen LogP contribution in [0.2, 0.25) is 0 Å². The number of ketones is 1. The van der Waals surface area contributed by atoms with Gasteiger partial charge in [0.2, 0.25) is 11.0 Å². The van der Waals surface area contributed by atoms with Crippen LogP contribution in [0.3, 0.4) is 0 Å². The molecule has 28 heavy (non-hydrogen) atoms. The molecule has 3 rings (SSSR count). The number of Topliss-reactive ketones (excluding diaryl/α,β-unsaturated/α-hetero) is 1. The molecule has 0 bridgehead atoms. The van der Waals surface area contributed by atoms with Crippen molar-refractivity contribution in [1.82, 2.24) is 10.2 Å². The number of carbonyl (C=O) groups is 2. The van der Waals surface area contributed by atoms with E-state index in [-0.39, 0.29) is 16.9 Å². The number of hydrogen-bond donors (Lipinski definition) is 2. The van der Waals surface area contributed by atoms with Crippen molar-refractivity contribution in [3.63, 3.8) is 0 Å². The Morgan fingerprint density at radius 2 is 1.64 bits per heavy atom. The maximum Gasteiger partial charge on any atom is 0.237 e. The van der Waals surface area contributed by atoms with Gasteiger partial charge in [-0.1, -0.05) is 40.8 Å². The lowest BCUT2D eigenvalue weighted by atomic mass is 10.1. The van der Waals surface area contributed by atoms with E-state index in [2.05, 4.69) is 20.8 Å². The molecule has 6 nitrogen and oxygen atoms in total. The summed E-state index contributed by atoms with van der Waals surface area (Å²) in [5.74, 6) is -0.142. The molecule has 1 amide bonds. The van der Waals surface area contributed by atoms with E-state index in [4.69, 9.17) is 0 Å². The fraction of sp³-hybridized carbons (Fsp3) is 0.200. The monoisotopic (exact) mass is 412 g/mol. The average molecular weight is 413 g/mol. The summed E-state index contributed by atoms with van der Waals surface area (Å²) in [6, 6.07) is 14.9. The van der Waals surface area contributed by atoms with E-state index in [0.29, 0.717) is 20.7 Å². The van der Waals surface area contributed by atoms with Crippen LogP contribution < -0.4 is 10.6 Å². The predicted molar refractivity (Wildman–Crippen MR) is 115 cm³/mol. The second kappa shape index (κ2) is 8.99. The summed E-state index contributed by atoms with van der Waals surface area (Å²) < 4.78 is 0.712. The summed E-state index contributed by atoms with van der Waals surface area (Å²) in [5.41, 5.74) is 3.40. The summed E-state index contributed by atoms with van der Waals surface area (Å²) in [7, 11) is 0. The van der Waals surface area contributed by atoms with Crippen LogP contribution in [0.4, 0.5) is 16.5 Å². The highest BCUT2D eigenvalue weighted by molar-refractivity contribution is 8.02. The van der Waals surface area contributed by atoms with Gasteiger partial charge in [0.05, 0.1) is 5.25 Å². The van der Waals surface area contributed by atoms with Crippen molar-refractivity contribution < 1.29 is 9.59 Å². The summed E-state index contributed by atoms with van der Waals surface area (Å²) in [4.78, 5) is 23.7. The quantitative estimate of drug-likeness (QED) is 0.424. The van der Waals surface area contributed by atoms with Crippen LogP contribution in [0.15, 0.2) is 52.9 Å². The Balaban J connectivity index is 1.55. The number of thioether (sulfide) groups is 1. The lowest BCUT2D eigenvalue weighted by Gasteiger charge is -2.10. The zero-order valence-corrected chi connectivity index (χ0v) is 17.4. The fourth-order valence-electron chi connectivity index (χ4n) is 2.31. The van der Waals surface area contributed by atoms with Crippen LogP contribution in [-0.2, 0) is 4.79 Å². The maximum atomic E-state index is 12.4. The fourth-order valence-corrected chi connectivity index (χ4v) is 4.22. The van der Waals surface area contributed by atoms with Crippen molar-refractivity contribution in [3.05, 3.63) is 59.7 Å². The van der Waals surface area contributed by atoms with Gasteiger partial charge in [0.15, 0.2) is 10.1 Å². The summed E-state index contributed by atoms with van der Waals surface area (Å²) in [6.45, 7) is 5.36. The number of aryl methyl sites for hydroxylation is 1. The Morgan fingerprint density at radius 3 is 2.29 bits per heavy atom. The molecule has 3 aromatic rings. The van der Waals surface area contributed by atoms with Crippen LogP contribution >= 0.6 is 23.1 Å². The first-order valence-corrected chi connectivity index (χ1v) is 10.4. The van der Waals surface area contributed by atoms with Crippen molar-refractivity contribution in [2.24, 2.45) is 0 Å². The average Bonchev–Trinajstić information content (AvgIpc) is 3.10. The van der Waals surface area contributed by atoms with Crippen molar-refractivity contribution >= 4 is 51.3 Å². The van der Waals surface area contributed by atoms with Gasteiger partial charge in [-0.15, -0.1) is 10.2 Å². The Morgan fingerprint density at radius 1 is 1.00 bits per heavy atom. The molecule has 1 aromatic heterocycles. The third-order valence-electron chi connectivity index (χ3n) is 3.92. The summed E-state index contributed by atoms with van der Waals surface area (Å²) >= 11 is 2.75. The first-order valence-electron chi connectivity index (χ1n) is 8.66. The zero-order valence-electron chi connectivity index (χ0n) is 15.7. The topological polar surface area (TPSA) is 84.0 Å². The molecule has 2 aromatic carbocycles. The highest BCUT2D eigenvalue weighted by Gasteiger charge is 2.17. The number of anilines is 3. The summed E-state index contributed by atoms with van der Waals surface area (Å²) in [5, 5.41) is 14.7. The van der Waals surface area contributed by atoms with Gasteiger partial charge in [-0.2, -0.15) is 0 Å². The maximum absolute atomic E-state index is 12.4. The molecule has 0 aliphatic carbocycles. The van der Waals surface area contributed by atoms with Crippen molar-refractivity contribution in [3.8, 4) is 0 Å². The Labute approximate surface area is 171 Å². The summed E-state index contributed by atoms with van der Waals surface area (Å²) in [6.07, 6.45) is 0. The van der Waals surface area contributed by atoms with Gasteiger partial charge in [-0.05, 0) is 57.2 Å². The van der Waals surface area contributed by atoms with E-state index < -0.39 is 0 Å². The molecule has 1 heterocycles. The number of benzene rings is 2. The lowest BCUT2D eigenvalue weighted by molar-refractivity contribution is -0.115. The van der Waals surface area contributed by atoms with Crippen LogP contribution in [0.5, 0.6) is 0 Å². The Hall–Kier alpha value is -2.71. The SMILES string of the molecule is CC(=O)c1ccc(NC(=O)C(C)Sc2nnc(Nc3ccc(C)cc3)s2)cc1. The number of hydrogen-bond acceptors (Lipinski definition) is 7. The smallest absolute Gasteiger partial charge is 0.237 e. The molecule has 0 saturated carbocycles. The van der Waals surface area contributed by atoms with Crippen LogP contribution in [-0.4, -0.2) is 27.1 Å². The highest BCUT2D eigenvalue weighted by atomic mass is 32.2. The molecule has 0 saturated heterocycles. The second-order valence-corrected chi connectivity index (χ2v) is 8.81. The van der Waals surface area contributed by atoms with E-state index >= 15 is 0 Å². The Bertz CT molecular complexity index is 969. The number of rotatable bonds is 7. The third-order valence-corrected chi connectivity index (χ3v) is 5.94. The van der Waals surface area contributed by atoms with Gasteiger partial charge in [0, 0.05) is 16.9 Å². The number of nitrogens with zero attached hydrogens (tertiary/aromatic N) is 2. The highest BCUT2D eigenvalue weighted by Crippen LogP contribution is 2.31. The molecule has 8 heteroatoms. The molecule has 0 aliphatic heterocycles. The van der Waals surface area contributed by atoms with Crippen LogP contribution in [0, 0.1) is 6.92 Å². The molecule has 0 spiro atoms. The molecule has 2 N–H and O–H groups in total. The second-order valence-electron chi connectivity index (χ2n) is 6.25. The van der Waals surface area contributed by atoms with E-state index in [1.54, 1.807) is 24.3 Å². The van der Waals surface area contributed by atoms with Gasteiger partial charge in [-0.25, -0.2) is 0 Å². The largest absolute Gasteiger partial charge is 0.330 e. The van der Waals surface area contributed by atoms with Gasteiger partial charge in [-0.3, -0.25) is 9.59 Å². The minimum absolute atomic E-state index is 0.00637. The molecular weight excluding hydrogens is 392 g/mol. The predicted octanol–water partition coefficient (Wildman–Crippen LogP) is 4.91. The standard InChI is InChI=1S/C20H20N4O2S2/c1-12-4-8-17(9-5-12)22-19-23-24-20(28-19)27-14(3)18(26)21-16-10-6-15(7-11-16)13(2)25/h4-11,14H,1-3H3,(H,21,26)(H,22,23). The molecule has 1 atom stereocenters. The van der Waals surface area contributed by atoms with Gasteiger partial charge < -0.3 is 10.6 Å². The molecule has 0 aliphatic rings. The van der Waals surface area contributed by atoms with E-state index in [9.17, 15) is 9.59 Å². The molecule has 0 fully saturated rings. The van der Waals surface area contributed by atoms with Crippen molar-refractivity contribution in [2.45, 2.75) is 30.4 Å². The first kappa shape index (κ1) is 20.0. The zero-order chi connectivity index (χ0) is 20.1. The van der Waals surface area contributed by atoms with E-state index in [1.165, 1.54) is 35.6 Å². The number of carbonyl (C=O) groups excluding carboxylic acids is 2. The van der Waals surface area contributed by atoms with Crippen molar-refractivity contribution in [2.75, 3.05) is 10.6 Å². The van der Waals surface area contributed by atoms with Crippen molar-refractivity contribution in [1.29, 1.82) is 0 Å². The molecule has 144 valence electrons. The minimum Gasteiger partial charge on any atom is -0.330 e. The first-order chi connectivity index (χ1) is 13.4. The number of amides is 1. The van der Waals surface area contributed by atoms with Gasteiger partial charge >= 0.3 is 0 Å². The lowest BCUT2D eigenvalue weighted by Crippen LogP contribution is -2.22. The normalized spacial score (nSPS) is 11.7. The van der Waals surface area contributed by atoms with E-state index in [1.807, 2.05) is 38.1 Å². The van der Waals surface area contributed by atoms with Crippen LogP contribution in [0.1, 0.15) is 29.8 Å². The third kappa shape index (κ3) is 5.40. The number of aromatic nitrogens is 2. The molecule has 1 unspecified atom stereocenters. The van der Waals surface area contributed by atoms with Gasteiger partial charge in [0.25, 0.3) is 0 Å². The molecule has 0 radical (unpaired) electrons. The van der Waals surface area contributed by atoms with E-state index in [0.717, 1.165) is 5.69 Å². The van der Waals surface area contributed by atoms with Crippen LogP contribution in [0.25, 0.3) is 0 Å². The minimum atomic E-state index is -0.340. The number of nitrogens with one attached hydrogen (secondary N) is 2. The Kier molecular flexibility index (Phi) is 6.43. The molecular formula is C20H20N4O2S2.